The van der Waals surface area contributed by atoms with Crippen molar-refractivity contribution in [3.05, 3.63) is 54.2 Å². The molecule has 0 fully saturated rings. The Balaban J connectivity index is 1.51. The molecule has 1 aliphatic rings. The summed E-state index contributed by atoms with van der Waals surface area (Å²) in [6.07, 6.45) is -0.0186. The van der Waals surface area contributed by atoms with Gasteiger partial charge in [0.2, 0.25) is 5.91 Å². The lowest BCUT2D eigenvalue weighted by molar-refractivity contribution is -0.123. The fourth-order valence-corrected chi connectivity index (χ4v) is 3.68. The molecule has 1 atom stereocenters. The molecule has 2 aromatic carbocycles. The van der Waals surface area contributed by atoms with E-state index in [9.17, 15) is 9.59 Å². The highest BCUT2D eigenvalue weighted by Gasteiger charge is 2.36. The predicted octanol–water partition coefficient (Wildman–Crippen LogP) is 3.79. The molecule has 3 aromatic rings. The molecule has 160 valence electrons. The second-order valence-corrected chi connectivity index (χ2v) is 7.20. The third kappa shape index (κ3) is 4.09. The Kier molecular flexibility index (Phi) is 5.62. The van der Waals surface area contributed by atoms with Crippen molar-refractivity contribution < 1.29 is 19.1 Å². The fraction of sp³-hybridized carbons (Fsp3) is 0.261. The molecule has 8 nitrogen and oxygen atoms in total. The van der Waals surface area contributed by atoms with E-state index in [-0.39, 0.29) is 18.2 Å². The summed E-state index contributed by atoms with van der Waals surface area (Å²) in [6, 6.07) is 14.0. The molecule has 8 heteroatoms. The van der Waals surface area contributed by atoms with Gasteiger partial charge < -0.3 is 20.1 Å². The van der Waals surface area contributed by atoms with Crippen LogP contribution in [0.1, 0.15) is 25.1 Å². The first-order valence-corrected chi connectivity index (χ1v) is 10.1. The number of anilines is 2. The van der Waals surface area contributed by atoms with Crippen LogP contribution in [0.2, 0.25) is 0 Å². The van der Waals surface area contributed by atoms with Crippen molar-refractivity contribution in [1.29, 1.82) is 0 Å². The van der Waals surface area contributed by atoms with Gasteiger partial charge in [-0.05, 0) is 55.8 Å². The maximum atomic E-state index is 12.6. The molecule has 31 heavy (non-hydrogen) atoms. The molecule has 2 amide bonds. The number of aromatic nitrogens is 2. The number of carbonyl (C=O) groups excluding carboxylic acids is 2. The minimum atomic E-state index is -0.705. The molecule has 2 N–H and O–H groups in total. The van der Waals surface area contributed by atoms with Gasteiger partial charge in [-0.1, -0.05) is 12.1 Å². The molecule has 0 bridgehead atoms. The van der Waals surface area contributed by atoms with E-state index >= 15 is 0 Å². The van der Waals surface area contributed by atoms with Crippen LogP contribution in [0.25, 0.3) is 11.1 Å². The first-order chi connectivity index (χ1) is 15.0. The molecule has 1 aromatic heterocycles. The van der Waals surface area contributed by atoms with Crippen LogP contribution in [0.5, 0.6) is 11.5 Å². The molecule has 4 rings (SSSR count). The second-order valence-electron chi connectivity index (χ2n) is 7.20. The quantitative estimate of drug-likeness (QED) is 0.607. The van der Waals surface area contributed by atoms with Crippen LogP contribution in [0.15, 0.2) is 48.5 Å². The highest BCUT2D eigenvalue weighted by Crippen LogP contribution is 2.38. The molecule has 0 saturated heterocycles. The molecular weight excluding hydrogens is 396 g/mol. The smallest absolute Gasteiger partial charge is 0.251 e. The van der Waals surface area contributed by atoms with Gasteiger partial charge in [-0.25, -0.2) is 4.68 Å². The van der Waals surface area contributed by atoms with Crippen LogP contribution in [-0.4, -0.2) is 35.3 Å². The summed E-state index contributed by atoms with van der Waals surface area (Å²) in [6.45, 7) is 4.37. The predicted molar refractivity (Wildman–Crippen MR) is 117 cm³/mol. The maximum absolute atomic E-state index is 12.6. The minimum absolute atomic E-state index is 0.0186. The summed E-state index contributed by atoms with van der Waals surface area (Å²) in [4.78, 5) is 25.2. The number of nitrogens with zero attached hydrogens (tertiary/aromatic N) is 2. The number of aryl methyl sites for hydroxylation is 1. The van der Waals surface area contributed by atoms with Gasteiger partial charge in [0.25, 0.3) is 5.91 Å². The van der Waals surface area contributed by atoms with Gasteiger partial charge in [-0.15, -0.1) is 0 Å². The molecular formula is C23H24N4O4. The van der Waals surface area contributed by atoms with E-state index in [1.54, 1.807) is 36.1 Å². The lowest BCUT2D eigenvalue weighted by Gasteiger charge is -2.10. The Labute approximate surface area is 180 Å². The molecule has 0 saturated carbocycles. The molecule has 0 spiro atoms. The Morgan fingerprint density at radius 1 is 1.13 bits per heavy atom. The number of nitrogens with one attached hydrogen (secondary N) is 2. The van der Waals surface area contributed by atoms with E-state index in [1.165, 1.54) is 0 Å². The summed E-state index contributed by atoms with van der Waals surface area (Å²) >= 11 is 0. The average Bonchev–Trinajstić information content (AvgIpc) is 3.23. The summed E-state index contributed by atoms with van der Waals surface area (Å²) in [5, 5.41) is 10.3. The number of fused-ring (bicyclic) bond motifs is 1. The topological polar surface area (TPSA) is 94.5 Å². The second kappa shape index (κ2) is 8.51. The summed E-state index contributed by atoms with van der Waals surface area (Å²) < 4.78 is 12.2. The van der Waals surface area contributed by atoms with Crippen molar-refractivity contribution in [2.45, 2.75) is 26.3 Å². The van der Waals surface area contributed by atoms with Gasteiger partial charge in [0.15, 0.2) is 0 Å². The van der Waals surface area contributed by atoms with Crippen molar-refractivity contribution >= 4 is 23.3 Å². The Bertz CT molecular complexity index is 1100. The van der Waals surface area contributed by atoms with E-state index < -0.39 is 6.04 Å². The molecule has 0 radical (unpaired) electrons. The van der Waals surface area contributed by atoms with E-state index in [0.717, 1.165) is 28.3 Å². The van der Waals surface area contributed by atoms with E-state index in [2.05, 4.69) is 15.7 Å². The number of hydrogen-bond acceptors (Lipinski definition) is 5. The van der Waals surface area contributed by atoms with Crippen molar-refractivity contribution in [3.8, 4) is 22.6 Å². The Hall–Kier alpha value is -3.81. The van der Waals surface area contributed by atoms with Crippen molar-refractivity contribution in [2.24, 2.45) is 0 Å². The SMILES string of the molecule is CCOc1ccc(NC(=O)CC2C(=O)Nc3c(-c4ccc(OC)cc4)c(C)nn32)cc1. The van der Waals surface area contributed by atoms with Gasteiger partial charge in [0, 0.05) is 11.3 Å². The first-order valence-electron chi connectivity index (χ1n) is 10.1. The zero-order valence-corrected chi connectivity index (χ0v) is 17.6. The summed E-state index contributed by atoms with van der Waals surface area (Å²) in [7, 11) is 1.61. The monoisotopic (exact) mass is 420 g/mol. The van der Waals surface area contributed by atoms with Gasteiger partial charge in [-0.3, -0.25) is 9.59 Å². The van der Waals surface area contributed by atoms with E-state index in [4.69, 9.17) is 9.47 Å². The number of carbonyl (C=O) groups is 2. The van der Waals surface area contributed by atoms with E-state index in [0.29, 0.717) is 18.1 Å². The van der Waals surface area contributed by atoms with Gasteiger partial charge in [0.05, 0.1) is 25.8 Å². The Morgan fingerprint density at radius 2 is 1.81 bits per heavy atom. The zero-order valence-electron chi connectivity index (χ0n) is 17.6. The van der Waals surface area contributed by atoms with Crippen molar-refractivity contribution in [3.63, 3.8) is 0 Å². The van der Waals surface area contributed by atoms with Crippen LogP contribution in [0, 0.1) is 6.92 Å². The summed E-state index contributed by atoms with van der Waals surface area (Å²) in [5.74, 6) is 1.57. The lowest BCUT2D eigenvalue weighted by atomic mass is 10.1. The lowest BCUT2D eigenvalue weighted by Crippen LogP contribution is -2.23. The molecule has 0 aliphatic carbocycles. The van der Waals surface area contributed by atoms with Crippen LogP contribution in [0.4, 0.5) is 11.5 Å². The average molecular weight is 420 g/mol. The van der Waals surface area contributed by atoms with Crippen LogP contribution >= 0.6 is 0 Å². The number of rotatable bonds is 7. The highest BCUT2D eigenvalue weighted by molar-refractivity contribution is 6.04. The van der Waals surface area contributed by atoms with Crippen LogP contribution in [-0.2, 0) is 9.59 Å². The fourth-order valence-electron chi connectivity index (χ4n) is 3.68. The number of benzene rings is 2. The number of ether oxygens (including phenoxy) is 2. The number of hydrogen-bond donors (Lipinski definition) is 2. The van der Waals surface area contributed by atoms with Crippen molar-refractivity contribution in [1.82, 2.24) is 9.78 Å². The molecule has 1 unspecified atom stereocenters. The maximum Gasteiger partial charge on any atom is 0.251 e. The van der Waals surface area contributed by atoms with Gasteiger partial charge in [0.1, 0.15) is 23.4 Å². The number of methoxy groups -OCH3 is 1. The third-order valence-electron chi connectivity index (χ3n) is 5.13. The zero-order chi connectivity index (χ0) is 22.0. The van der Waals surface area contributed by atoms with Gasteiger partial charge >= 0.3 is 0 Å². The van der Waals surface area contributed by atoms with E-state index in [1.807, 2.05) is 38.1 Å². The largest absolute Gasteiger partial charge is 0.497 e. The minimum Gasteiger partial charge on any atom is -0.497 e. The standard InChI is InChI=1S/C23H24N4O4/c1-4-31-18-11-7-16(8-12-18)24-20(28)13-19-23(29)25-22-21(14(2)26-27(19)22)15-5-9-17(30-3)10-6-15/h5-12,19H,4,13H2,1-3H3,(H,24,28)(H,25,29). The first kappa shape index (κ1) is 20.5. The highest BCUT2D eigenvalue weighted by atomic mass is 16.5. The molecule has 1 aliphatic heterocycles. The number of amides is 2. The van der Waals surface area contributed by atoms with Crippen LogP contribution in [0.3, 0.4) is 0 Å². The van der Waals surface area contributed by atoms with Gasteiger partial charge in [-0.2, -0.15) is 5.10 Å². The van der Waals surface area contributed by atoms with Crippen LogP contribution < -0.4 is 20.1 Å². The third-order valence-corrected chi connectivity index (χ3v) is 5.13. The summed E-state index contributed by atoms with van der Waals surface area (Å²) in [5.41, 5.74) is 3.17. The normalized spacial score (nSPS) is 14.7. The Morgan fingerprint density at radius 3 is 2.45 bits per heavy atom. The molecule has 2 heterocycles. The van der Waals surface area contributed by atoms with Crippen molar-refractivity contribution in [2.75, 3.05) is 24.4 Å².